The molecule has 11 nitrogen and oxygen atoms in total. The standard InChI is InChI=1S/C49H56N2O9/c1-50-19-16-33-26-34(28-52)43-27-37(33)39(50)22-30-8-12-35(13-9-30)59-45-25-32(11-15-42(45)54-4)23-40-46-36(17-20-51(40)2)38(47(56-6)49(57-7)48(46)60-43)29-58-21-18-31-10-14-41(53-3)44(24-31)55-5/h8-15,24-27,39-40,52H,16-23,28-29H2,1-7H3/t39-,40-/m0/s1. The van der Waals surface area contributed by atoms with Crippen LogP contribution in [-0.4, -0.2) is 84.2 Å². The molecule has 5 aromatic rings. The Bertz CT molecular complexity index is 2330. The lowest BCUT2D eigenvalue weighted by Crippen LogP contribution is -2.35. The lowest BCUT2D eigenvalue weighted by Gasteiger charge is -2.38. The van der Waals surface area contributed by atoms with E-state index in [2.05, 4.69) is 60.3 Å². The maximum atomic E-state index is 10.9. The lowest BCUT2D eigenvalue weighted by atomic mass is 9.84. The molecule has 1 N–H and O–H groups in total. The summed E-state index contributed by atoms with van der Waals surface area (Å²) in [6.45, 7) is 2.31. The van der Waals surface area contributed by atoms with E-state index in [0.29, 0.717) is 72.1 Å². The van der Waals surface area contributed by atoms with E-state index in [0.717, 1.165) is 71.5 Å². The van der Waals surface area contributed by atoms with Crippen LogP contribution in [0.25, 0.3) is 0 Å². The molecule has 0 fully saturated rings. The molecule has 2 atom stereocenters. The van der Waals surface area contributed by atoms with Crippen LogP contribution in [0.4, 0.5) is 0 Å². The number of likely N-dealkylation sites (N-methyl/N-ethyl adjacent to an activating group) is 2. The maximum Gasteiger partial charge on any atom is 0.204 e. The fourth-order valence-electron chi connectivity index (χ4n) is 9.11. The summed E-state index contributed by atoms with van der Waals surface area (Å²) in [5, 5.41) is 10.9. The molecule has 0 unspecified atom stereocenters. The monoisotopic (exact) mass is 816 g/mol. The van der Waals surface area contributed by atoms with Crippen molar-refractivity contribution in [1.82, 2.24) is 9.80 Å². The highest BCUT2D eigenvalue weighted by Gasteiger charge is 2.37. The van der Waals surface area contributed by atoms with E-state index in [1.54, 1.807) is 35.5 Å². The highest BCUT2D eigenvalue weighted by Crippen LogP contribution is 2.53. The number of aliphatic hydroxyl groups is 1. The van der Waals surface area contributed by atoms with Crippen LogP contribution in [0.3, 0.4) is 0 Å². The van der Waals surface area contributed by atoms with Gasteiger partial charge in [-0.1, -0.05) is 24.3 Å². The Hall–Kier alpha value is -5.46. The normalized spacial score (nSPS) is 17.4. The molecule has 11 heteroatoms. The summed E-state index contributed by atoms with van der Waals surface area (Å²) in [6, 6.07) is 24.6. The summed E-state index contributed by atoms with van der Waals surface area (Å²) in [6.07, 6.45) is 3.73. The molecular formula is C49H56N2O9. The van der Waals surface area contributed by atoms with Gasteiger partial charge in [0.1, 0.15) is 11.5 Å². The lowest BCUT2D eigenvalue weighted by molar-refractivity contribution is 0.119. The van der Waals surface area contributed by atoms with Crippen LogP contribution in [0.1, 0.15) is 62.2 Å². The van der Waals surface area contributed by atoms with Crippen molar-refractivity contribution in [3.63, 3.8) is 0 Å². The van der Waals surface area contributed by atoms with E-state index in [1.807, 2.05) is 36.4 Å². The molecule has 4 heterocycles. The molecule has 5 aromatic carbocycles. The second kappa shape index (κ2) is 18.0. The first-order valence-corrected chi connectivity index (χ1v) is 20.6. The average molecular weight is 817 g/mol. The van der Waals surface area contributed by atoms with Gasteiger partial charge in [0.25, 0.3) is 0 Å². The van der Waals surface area contributed by atoms with E-state index >= 15 is 0 Å². The fourth-order valence-corrected chi connectivity index (χ4v) is 9.11. The Balaban J connectivity index is 1.27. The SMILES string of the molecule is COc1ccc(CCOCc2c3c4c(c(OC)c2OC)Oc2cc5c(cc2CO)CCN(C)[C@H]5Cc2ccc(cc2)Oc2cc(ccc2OC)C[C@@H]4N(C)CC3)cc1OC. The molecule has 316 valence electrons. The quantitative estimate of drug-likeness (QED) is 0.130. The van der Waals surface area contributed by atoms with Gasteiger partial charge in [-0.15, -0.1) is 0 Å². The van der Waals surface area contributed by atoms with Crippen LogP contribution in [0.5, 0.6) is 51.7 Å². The number of fused-ring (bicyclic) bond motifs is 2. The van der Waals surface area contributed by atoms with Gasteiger partial charge in [-0.2, -0.15) is 0 Å². The van der Waals surface area contributed by atoms with Crippen LogP contribution in [0.15, 0.2) is 72.8 Å². The van der Waals surface area contributed by atoms with Crippen molar-refractivity contribution in [3.8, 4) is 51.7 Å². The molecule has 6 bridgehead atoms. The zero-order chi connectivity index (χ0) is 41.9. The molecule has 0 aromatic heterocycles. The molecule has 0 saturated heterocycles. The Kier molecular flexibility index (Phi) is 12.4. The van der Waals surface area contributed by atoms with Crippen molar-refractivity contribution in [3.05, 3.63) is 123 Å². The fraction of sp³-hybridized carbons (Fsp3) is 0.388. The van der Waals surface area contributed by atoms with Gasteiger partial charge in [0, 0.05) is 41.9 Å². The van der Waals surface area contributed by atoms with Crippen LogP contribution in [0, 0.1) is 0 Å². The topological polar surface area (TPSA) is 101 Å². The molecule has 0 radical (unpaired) electrons. The van der Waals surface area contributed by atoms with E-state index < -0.39 is 0 Å². The third-order valence-electron chi connectivity index (χ3n) is 12.4. The first-order chi connectivity index (χ1) is 29.3. The largest absolute Gasteiger partial charge is 0.493 e. The maximum absolute atomic E-state index is 10.9. The van der Waals surface area contributed by atoms with Crippen molar-refractivity contribution in [2.75, 3.05) is 69.3 Å². The predicted octanol–water partition coefficient (Wildman–Crippen LogP) is 8.42. The van der Waals surface area contributed by atoms with Crippen LogP contribution in [-0.2, 0) is 50.1 Å². The number of hydrogen-bond acceptors (Lipinski definition) is 11. The third-order valence-corrected chi connectivity index (χ3v) is 12.4. The zero-order valence-electron chi connectivity index (χ0n) is 35.8. The molecule has 0 spiro atoms. The Morgan fingerprint density at radius 2 is 1.37 bits per heavy atom. The summed E-state index contributed by atoms with van der Waals surface area (Å²) in [5.41, 5.74) is 9.51. The van der Waals surface area contributed by atoms with Gasteiger partial charge >= 0.3 is 0 Å². The number of nitrogens with zero attached hydrogens (tertiary/aromatic N) is 2. The van der Waals surface area contributed by atoms with E-state index in [-0.39, 0.29) is 18.7 Å². The smallest absolute Gasteiger partial charge is 0.204 e. The van der Waals surface area contributed by atoms with E-state index in [4.69, 9.17) is 37.9 Å². The van der Waals surface area contributed by atoms with Gasteiger partial charge < -0.3 is 43.0 Å². The number of methoxy groups -OCH3 is 5. The van der Waals surface area contributed by atoms with Crippen molar-refractivity contribution in [1.29, 1.82) is 0 Å². The summed E-state index contributed by atoms with van der Waals surface area (Å²) in [5.74, 6) is 5.65. The van der Waals surface area contributed by atoms with Gasteiger partial charge in [-0.05, 0) is 128 Å². The van der Waals surface area contributed by atoms with Crippen molar-refractivity contribution in [2.45, 2.75) is 57.4 Å². The number of hydrogen-bond donors (Lipinski definition) is 1. The minimum atomic E-state index is -0.170. The van der Waals surface area contributed by atoms with E-state index in [1.165, 1.54) is 16.7 Å². The first-order valence-electron chi connectivity index (χ1n) is 20.6. The molecule has 4 aliphatic rings. The molecule has 0 aliphatic carbocycles. The van der Waals surface area contributed by atoms with Gasteiger partial charge in [-0.25, -0.2) is 0 Å². The van der Waals surface area contributed by atoms with Gasteiger partial charge in [0.05, 0.1) is 55.4 Å². The van der Waals surface area contributed by atoms with E-state index in [9.17, 15) is 5.11 Å². The minimum absolute atomic E-state index is 0.0917. The summed E-state index contributed by atoms with van der Waals surface area (Å²) in [7, 11) is 12.6. The molecule has 0 saturated carbocycles. The zero-order valence-corrected chi connectivity index (χ0v) is 35.8. The Morgan fingerprint density at radius 1 is 0.667 bits per heavy atom. The average Bonchev–Trinajstić information content (AvgIpc) is 3.27. The second-order valence-electron chi connectivity index (χ2n) is 15.8. The number of benzene rings is 5. The van der Waals surface area contributed by atoms with Crippen molar-refractivity contribution < 1.29 is 43.0 Å². The third kappa shape index (κ3) is 8.07. The number of aliphatic hydroxyl groups excluding tert-OH is 1. The Morgan fingerprint density at radius 3 is 2.10 bits per heavy atom. The molecule has 9 rings (SSSR count). The molecule has 60 heavy (non-hydrogen) atoms. The highest BCUT2D eigenvalue weighted by atomic mass is 16.5. The highest BCUT2D eigenvalue weighted by molar-refractivity contribution is 5.67. The van der Waals surface area contributed by atoms with Crippen molar-refractivity contribution in [2.24, 2.45) is 0 Å². The summed E-state index contributed by atoms with van der Waals surface area (Å²) < 4.78 is 49.6. The second-order valence-corrected chi connectivity index (χ2v) is 15.8. The molecule has 0 amide bonds. The predicted molar refractivity (Wildman–Crippen MR) is 230 cm³/mol. The van der Waals surface area contributed by atoms with Crippen LogP contribution in [0.2, 0.25) is 0 Å². The van der Waals surface area contributed by atoms with Gasteiger partial charge in [-0.3, -0.25) is 9.80 Å². The first kappa shape index (κ1) is 41.3. The van der Waals surface area contributed by atoms with Crippen LogP contribution < -0.4 is 33.2 Å². The molecule has 4 aliphatic heterocycles. The molecular weight excluding hydrogens is 761 g/mol. The number of ether oxygens (including phenoxy) is 8. The van der Waals surface area contributed by atoms with Gasteiger partial charge in [0.15, 0.2) is 34.5 Å². The van der Waals surface area contributed by atoms with Gasteiger partial charge in [0.2, 0.25) is 5.75 Å². The van der Waals surface area contributed by atoms with Crippen LogP contribution >= 0.6 is 0 Å². The number of rotatable bonds is 11. The minimum Gasteiger partial charge on any atom is -0.493 e. The summed E-state index contributed by atoms with van der Waals surface area (Å²) >= 11 is 0. The Labute approximate surface area is 353 Å². The summed E-state index contributed by atoms with van der Waals surface area (Å²) in [4.78, 5) is 4.77. The van der Waals surface area contributed by atoms with Crippen molar-refractivity contribution >= 4 is 0 Å².